The molecule has 1 aliphatic rings. The molecule has 0 bridgehead atoms. The summed E-state index contributed by atoms with van der Waals surface area (Å²) in [6, 6.07) is 5.56. The second kappa shape index (κ2) is 6.60. The molecule has 0 atom stereocenters. The number of nitrogens with one attached hydrogen (secondary N) is 1. The van der Waals surface area contributed by atoms with Crippen LogP contribution in [0.1, 0.15) is 18.4 Å². The predicted octanol–water partition coefficient (Wildman–Crippen LogP) is 1.52. The van der Waals surface area contributed by atoms with E-state index in [0.29, 0.717) is 0 Å². The number of hydrogen-bond donors (Lipinski definition) is 1. The minimum atomic E-state index is -0.657. The number of nitrogens with zero attached hydrogens (tertiary/aromatic N) is 2. The van der Waals surface area contributed by atoms with Gasteiger partial charge in [-0.3, -0.25) is 19.1 Å². The Bertz CT molecular complexity index is 868. The molecule has 24 heavy (non-hydrogen) atoms. The largest absolute Gasteiger partial charge is 0.334 e. The van der Waals surface area contributed by atoms with Crippen molar-refractivity contribution in [2.24, 2.45) is 0 Å². The number of halogens is 2. The number of carbonyl (C=O) groups is 1. The molecular weight excluding hydrogens is 337 g/mol. The van der Waals surface area contributed by atoms with Gasteiger partial charge in [-0.15, -0.1) is 0 Å². The summed E-state index contributed by atoms with van der Waals surface area (Å²) in [6.07, 6.45) is 2.93. The third-order valence-corrected chi connectivity index (χ3v) is 4.25. The number of hydrogen-bond acceptors (Lipinski definition) is 3. The maximum atomic E-state index is 14.0. The van der Waals surface area contributed by atoms with Crippen LogP contribution in [0.5, 0.6) is 0 Å². The van der Waals surface area contributed by atoms with Gasteiger partial charge >= 0.3 is 5.69 Å². The molecule has 0 radical (unpaired) electrons. The average Bonchev–Trinajstić information content (AvgIpc) is 3.34. The molecule has 126 valence electrons. The standard InChI is InChI=1S/C16H15ClFN3O3/c17-12-2-1-3-13(18)11(12)8-21(10-4-5-10)15(23)9-20-7-6-14(22)19-16(20)24/h1-3,6-7,10H,4-5,8-9H2,(H,19,22,24). The van der Waals surface area contributed by atoms with Gasteiger partial charge in [0, 0.05) is 28.9 Å². The summed E-state index contributed by atoms with van der Waals surface area (Å²) in [5.41, 5.74) is -0.926. The fraction of sp³-hybridized carbons (Fsp3) is 0.312. The SMILES string of the molecule is O=C(Cn1ccc(=O)[nH]c1=O)N(Cc1c(F)cccc1Cl)C1CC1. The first-order valence-corrected chi connectivity index (χ1v) is 7.85. The van der Waals surface area contributed by atoms with Crippen LogP contribution < -0.4 is 11.2 Å². The van der Waals surface area contributed by atoms with Crippen LogP contribution in [0.3, 0.4) is 0 Å². The number of aromatic amines is 1. The van der Waals surface area contributed by atoms with Crippen molar-refractivity contribution >= 4 is 17.5 Å². The maximum absolute atomic E-state index is 14.0. The Hall–Kier alpha value is -2.41. The summed E-state index contributed by atoms with van der Waals surface area (Å²) in [7, 11) is 0. The lowest BCUT2D eigenvalue weighted by Gasteiger charge is -2.23. The highest BCUT2D eigenvalue weighted by atomic mass is 35.5. The Kier molecular flexibility index (Phi) is 4.53. The summed E-state index contributed by atoms with van der Waals surface area (Å²) < 4.78 is 15.1. The highest BCUT2D eigenvalue weighted by molar-refractivity contribution is 6.31. The molecule has 1 aromatic heterocycles. The van der Waals surface area contributed by atoms with E-state index in [-0.39, 0.29) is 35.6 Å². The Morgan fingerprint density at radius 1 is 1.33 bits per heavy atom. The van der Waals surface area contributed by atoms with Gasteiger partial charge in [-0.05, 0) is 25.0 Å². The first kappa shape index (κ1) is 16.4. The molecule has 6 nitrogen and oxygen atoms in total. The van der Waals surface area contributed by atoms with Crippen molar-refractivity contribution in [3.8, 4) is 0 Å². The van der Waals surface area contributed by atoms with Crippen LogP contribution in [0, 0.1) is 5.82 Å². The van der Waals surface area contributed by atoms with Crippen LogP contribution in [0.4, 0.5) is 4.39 Å². The van der Waals surface area contributed by atoms with Crippen LogP contribution in [0.15, 0.2) is 40.1 Å². The third kappa shape index (κ3) is 3.56. The quantitative estimate of drug-likeness (QED) is 0.887. The molecule has 1 N–H and O–H groups in total. The monoisotopic (exact) mass is 351 g/mol. The summed E-state index contributed by atoms with van der Waals surface area (Å²) in [6.45, 7) is -0.175. The lowest BCUT2D eigenvalue weighted by Crippen LogP contribution is -2.39. The van der Waals surface area contributed by atoms with Crippen molar-refractivity contribution in [1.82, 2.24) is 14.5 Å². The van der Waals surface area contributed by atoms with Gasteiger partial charge in [0.05, 0.1) is 6.54 Å². The molecule has 0 spiro atoms. The van der Waals surface area contributed by atoms with Crippen molar-refractivity contribution in [3.05, 3.63) is 67.7 Å². The summed E-state index contributed by atoms with van der Waals surface area (Å²) >= 11 is 6.03. The summed E-state index contributed by atoms with van der Waals surface area (Å²) in [4.78, 5) is 39.0. The van der Waals surface area contributed by atoms with E-state index >= 15 is 0 Å². The average molecular weight is 352 g/mol. The van der Waals surface area contributed by atoms with Gasteiger partial charge in [0.2, 0.25) is 5.91 Å². The molecule has 1 amide bonds. The Morgan fingerprint density at radius 3 is 2.71 bits per heavy atom. The van der Waals surface area contributed by atoms with Gasteiger partial charge in [-0.1, -0.05) is 17.7 Å². The molecule has 1 saturated carbocycles. The lowest BCUT2D eigenvalue weighted by atomic mass is 10.2. The number of carbonyl (C=O) groups excluding carboxylic acids is 1. The zero-order valence-corrected chi connectivity index (χ0v) is 13.4. The van der Waals surface area contributed by atoms with Crippen LogP contribution >= 0.6 is 11.6 Å². The predicted molar refractivity (Wildman–Crippen MR) is 86.3 cm³/mol. The third-order valence-electron chi connectivity index (χ3n) is 3.90. The Morgan fingerprint density at radius 2 is 2.08 bits per heavy atom. The molecule has 1 heterocycles. The number of rotatable bonds is 5. The van der Waals surface area contributed by atoms with Gasteiger partial charge in [-0.2, -0.15) is 0 Å². The molecule has 2 aromatic rings. The van der Waals surface area contributed by atoms with Gasteiger partial charge in [0.15, 0.2) is 0 Å². The van der Waals surface area contributed by atoms with Crippen LogP contribution in [-0.2, 0) is 17.9 Å². The number of H-pyrrole nitrogens is 1. The normalized spacial score (nSPS) is 13.8. The van der Waals surface area contributed by atoms with Crippen molar-refractivity contribution < 1.29 is 9.18 Å². The van der Waals surface area contributed by atoms with Crippen LogP contribution in [0.25, 0.3) is 0 Å². The molecule has 1 aromatic carbocycles. The van der Waals surface area contributed by atoms with Gasteiger partial charge < -0.3 is 4.90 Å². The smallest absolute Gasteiger partial charge is 0.328 e. The molecule has 0 saturated heterocycles. The lowest BCUT2D eigenvalue weighted by molar-refractivity contribution is -0.133. The van der Waals surface area contributed by atoms with E-state index in [2.05, 4.69) is 4.98 Å². The van der Waals surface area contributed by atoms with E-state index in [1.807, 2.05) is 0 Å². The topological polar surface area (TPSA) is 75.2 Å². The van der Waals surface area contributed by atoms with E-state index < -0.39 is 17.1 Å². The van der Waals surface area contributed by atoms with E-state index in [0.717, 1.165) is 17.4 Å². The number of amides is 1. The maximum Gasteiger partial charge on any atom is 0.328 e. The minimum Gasteiger partial charge on any atom is -0.334 e. The van der Waals surface area contributed by atoms with Crippen LogP contribution in [-0.4, -0.2) is 26.4 Å². The Labute approximate surface area is 141 Å². The molecular formula is C16H15ClFN3O3. The van der Waals surface area contributed by atoms with Gasteiger partial charge in [0.1, 0.15) is 12.4 Å². The van der Waals surface area contributed by atoms with Crippen molar-refractivity contribution in [1.29, 1.82) is 0 Å². The zero-order chi connectivity index (χ0) is 17.3. The van der Waals surface area contributed by atoms with Crippen molar-refractivity contribution in [3.63, 3.8) is 0 Å². The molecule has 1 aliphatic carbocycles. The fourth-order valence-electron chi connectivity index (χ4n) is 2.47. The van der Waals surface area contributed by atoms with Gasteiger partial charge in [-0.25, -0.2) is 9.18 Å². The van der Waals surface area contributed by atoms with Crippen LogP contribution in [0.2, 0.25) is 5.02 Å². The van der Waals surface area contributed by atoms with Gasteiger partial charge in [0.25, 0.3) is 5.56 Å². The highest BCUT2D eigenvalue weighted by Crippen LogP contribution is 2.30. The first-order valence-electron chi connectivity index (χ1n) is 7.48. The minimum absolute atomic E-state index is 0.0200. The first-order chi connectivity index (χ1) is 11.5. The molecule has 0 aliphatic heterocycles. The van der Waals surface area contributed by atoms with Crippen molar-refractivity contribution in [2.75, 3.05) is 0 Å². The van der Waals surface area contributed by atoms with Crippen molar-refractivity contribution in [2.45, 2.75) is 32.0 Å². The van der Waals surface area contributed by atoms with E-state index in [4.69, 9.17) is 11.6 Å². The second-order valence-electron chi connectivity index (χ2n) is 5.69. The van der Waals surface area contributed by atoms with E-state index in [1.54, 1.807) is 6.07 Å². The molecule has 8 heteroatoms. The second-order valence-corrected chi connectivity index (χ2v) is 6.10. The summed E-state index contributed by atoms with van der Waals surface area (Å²) in [5.74, 6) is -0.798. The fourth-order valence-corrected chi connectivity index (χ4v) is 2.69. The molecule has 1 fully saturated rings. The zero-order valence-electron chi connectivity index (χ0n) is 12.7. The Balaban J connectivity index is 1.82. The molecule has 0 unspecified atom stereocenters. The summed E-state index contributed by atoms with van der Waals surface area (Å²) in [5, 5.41) is 0.259. The number of aromatic nitrogens is 2. The number of benzene rings is 1. The van der Waals surface area contributed by atoms with E-state index in [1.165, 1.54) is 29.3 Å². The highest BCUT2D eigenvalue weighted by Gasteiger charge is 2.33. The molecule has 3 rings (SSSR count). The van der Waals surface area contributed by atoms with E-state index in [9.17, 15) is 18.8 Å².